The monoisotopic (exact) mass is 992 g/mol. The molecule has 1 aromatic carbocycles. The number of hydrazine groups is 1. The van der Waals surface area contributed by atoms with Crippen molar-refractivity contribution in [1.82, 2.24) is 47.7 Å². The summed E-state index contributed by atoms with van der Waals surface area (Å²) < 4.78 is 0. The van der Waals surface area contributed by atoms with E-state index in [-0.39, 0.29) is 61.8 Å². The summed E-state index contributed by atoms with van der Waals surface area (Å²) in [5, 5.41) is 25.4. The molecule has 1 aromatic rings. The molecule has 8 atom stereocenters. The molecule has 2 fully saturated rings. The molecule has 0 aromatic heterocycles. The van der Waals surface area contributed by atoms with Gasteiger partial charge in [0.2, 0.25) is 53.2 Å². The third-order valence-corrected chi connectivity index (χ3v) is 13.4. The molecule has 3 rings (SSSR count). The first-order valence-corrected chi connectivity index (χ1v) is 24.6. The topological polar surface area (TPSA) is 386 Å². The van der Waals surface area contributed by atoms with E-state index in [0.29, 0.717) is 18.4 Å². The number of nitrogens with one attached hydrogen (secondary N) is 8. The molecule has 0 radical (unpaired) electrons. The highest BCUT2D eigenvalue weighted by Gasteiger charge is 2.41. The van der Waals surface area contributed by atoms with Crippen LogP contribution in [0, 0.1) is 11.8 Å². The number of carbonyl (C=O) groups is 11. The molecule has 68 heavy (non-hydrogen) atoms. The van der Waals surface area contributed by atoms with Crippen molar-refractivity contribution in [1.29, 1.82) is 0 Å². The summed E-state index contributed by atoms with van der Waals surface area (Å²) in [6, 6.07) is -4.60. The molecule has 2 aliphatic rings. The minimum Gasteiger partial charge on any atom is -0.508 e. The Morgan fingerprint density at radius 3 is 2.07 bits per heavy atom. The van der Waals surface area contributed by atoms with Gasteiger partial charge in [-0.2, -0.15) is 0 Å². The van der Waals surface area contributed by atoms with Crippen molar-refractivity contribution in [3.05, 3.63) is 29.8 Å². The first-order valence-electron chi connectivity index (χ1n) is 22.2. The van der Waals surface area contributed by atoms with Crippen molar-refractivity contribution >= 4 is 86.7 Å². The molecule has 2 aliphatic heterocycles. The van der Waals surface area contributed by atoms with Gasteiger partial charge in [-0.05, 0) is 55.2 Å². The van der Waals surface area contributed by atoms with Crippen LogP contribution in [0.3, 0.4) is 0 Å². The number of carbonyl (C=O) groups excluding carboxylic acids is 11. The van der Waals surface area contributed by atoms with Crippen LogP contribution in [0.5, 0.6) is 5.75 Å². The SMILES string of the molecule is CC[C@H](C)[C@@H]1NC(=O)[C@H](Cc2ccc(O)cc2)NC(=O)CCSSC[C@@H](C(=O)N2CCC[C@H]2C(=O)N[C@@H](CC(C)C)C(=O)NNC(N)=O)NC(=O)[C@H](CC(N)=O)NC(=O)[C@H](CCC(N)=O)NC1=O. The normalized spacial score (nSPS) is 23.3. The number of nitrogens with zero attached hydrogens (tertiary/aromatic N) is 1. The standard InChI is InChI=1S/C42H64N12O12S2/c1-5-22(4)34-40(64)47-25(12-13-31(43)56)35(59)48-28(19-32(44)57)36(60)50-29(20-68-67-16-14-33(58)46-27(37(61)51-34)18-23-8-10-24(55)11-9-23)41(65)54-15-6-7-30(54)39(63)49-26(17-21(2)3)38(62)52-53-42(45)66/h8-11,21-22,25-30,34,55H,5-7,12-20H2,1-4H3,(H2,43,56)(H2,44,57)(H,46,58)(H,47,64)(H,48,59)(H,49,63)(H,50,60)(H,51,61)(H,52,62)(H3,45,53,66)/t22-,25-,26-,27-,28-,29-,30-,34-/m0/s1. The smallest absolute Gasteiger partial charge is 0.330 e. The van der Waals surface area contributed by atoms with Crippen molar-refractivity contribution in [2.75, 3.05) is 18.1 Å². The van der Waals surface area contributed by atoms with Crippen molar-refractivity contribution in [3.8, 4) is 5.75 Å². The lowest BCUT2D eigenvalue weighted by Crippen LogP contribution is -2.61. The van der Waals surface area contributed by atoms with Crippen LogP contribution in [-0.4, -0.2) is 135 Å². The molecule has 2 saturated heterocycles. The highest BCUT2D eigenvalue weighted by molar-refractivity contribution is 8.76. The van der Waals surface area contributed by atoms with Crippen LogP contribution in [0.4, 0.5) is 4.79 Å². The number of likely N-dealkylation sites (tertiary alicyclic amines) is 1. The Balaban J connectivity index is 2.02. The van der Waals surface area contributed by atoms with Gasteiger partial charge in [0.15, 0.2) is 0 Å². The number of phenolic OH excluding ortho intramolecular Hbond substituents is 1. The van der Waals surface area contributed by atoms with E-state index in [1.165, 1.54) is 17.0 Å². The predicted molar refractivity (Wildman–Crippen MR) is 250 cm³/mol. The van der Waals surface area contributed by atoms with Gasteiger partial charge >= 0.3 is 6.03 Å². The fourth-order valence-corrected chi connectivity index (χ4v) is 9.39. The quantitative estimate of drug-likeness (QED) is 0.0642. The van der Waals surface area contributed by atoms with Crippen LogP contribution in [0.1, 0.15) is 84.6 Å². The Hall–Kier alpha value is -6.31. The van der Waals surface area contributed by atoms with E-state index >= 15 is 0 Å². The number of nitrogens with two attached hydrogens (primary N) is 3. The molecule has 0 spiro atoms. The summed E-state index contributed by atoms with van der Waals surface area (Å²) in [5.41, 5.74) is 20.6. The fourth-order valence-electron chi connectivity index (χ4n) is 7.24. The van der Waals surface area contributed by atoms with Crippen LogP contribution < -0.4 is 60.0 Å². The molecule has 0 aliphatic carbocycles. The minimum atomic E-state index is -1.73. The van der Waals surface area contributed by atoms with Crippen molar-refractivity contribution in [2.45, 2.75) is 128 Å². The summed E-state index contributed by atoms with van der Waals surface area (Å²) in [6.07, 6.45) is -0.719. The zero-order chi connectivity index (χ0) is 50.7. The van der Waals surface area contributed by atoms with Crippen molar-refractivity contribution in [2.24, 2.45) is 29.0 Å². The largest absolute Gasteiger partial charge is 0.508 e. The van der Waals surface area contributed by atoms with Crippen molar-refractivity contribution < 1.29 is 57.8 Å². The third-order valence-electron chi connectivity index (χ3n) is 11.0. The molecule has 376 valence electrons. The summed E-state index contributed by atoms with van der Waals surface area (Å²) in [4.78, 5) is 147. The second-order valence-electron chi connectivity index (χ2n) is 16.9. The number of hydrogen-bond donors (Lipinski definition) is 12. The van der Waals surface area contributed by atoms with Gasteiger partial charge < -0.3 is 59.1 Å². The van der Waals surface area contributed by atoms with Gasteiger partial charge in [0, 0.05) is 37.3 Å². The number of aromatic hydroxyl groups is 1. The van der Waals surface area contributed by atoms with E-state index in [2.05, 4.69) is 37.3 Å². The second kappa shape index (κ2) is 27.5. The van der Waals surface area contributed by atoms with E-state index in [1.54, 1.807) is 39.8 Å². The second-order valence-corrected chi connectivity index (χ2v) is 19.6. The number of phenols is 1. The predicted octanol–water partition coefficient (Wildman–Crippen LogP) is -2.45. The summed E-state index contributed by atoms with van der Waals surface area (Å²) >= 11 is 0. The Kier molecular flexibility index (Phi) is 22.6. The minimum absolute atomic E-state index is 0.0274. The Morgan fingerprint density at radius 1 is 0.809 bits per heavy atom. The molecular formula is C42H64N12O12S2. The molecule has 0 bridgehead atoms. The van der Waals surface area contributed by atoms with Crippen molar-refractivity contribution in [3.63, 3.8) is 0 Å². The number of hydrogen-bond acceptors (Lipinski definition) is 14. The number of benzene rings is 1. The molecule has 15 N–H and O–H groups in total. The summed E-state index contributed by atoms with van der Waals surface area (Å²) in [6.45, 7) is 7.09. The molecule has 26 heteroatoms. The molecule has 12 amide bonds. The molecular weight excluding hydrogens is 929 g/mol. The van der Waals surface area contributed by atoms with Gasteiger partial charge in [0.1, 0.15) is 48.0 Å². The number of urea groups is 1. The average Bonchev–Trinajstić information content (AvgIpc) is 3.77. The van der Waals surface area contributed by atoms with E-state index in [4.69, 9.17) is 17.2 Å². The lowest BCUT2D eigenvalue weighted by Gasteiger charge is -2.31. The maximum atomic E-state index is 14.4. The Labute approximate surface area is 401 Å². The lowest BCUT2D eigenvalue weighted by atomic mass is 9.96. The molecule has 0 saturated carbocycles. The maximum absolute atomic E-state index is 14.4. The number of primary amides is 3. The van der Waals surface area contributed by atoms with Gasteiger partial charge in [0.05, 0.1) is 6.42 Å². The Morgan fingerprint density at radius 2 is 1.46 bits per heavy atom. The first-order chi connectivity index (χ1) is 32.1. The van der Waals surface area contributed by atoms with Gasteiger partial charge in [0.25, 0.3) is 5.91 Å². The third kappa shape index (κ3) is 18.4. The zero-order valence-corrected chi connectivity index (χ0v) is 40.1. The molecule has 2 heterocycles. The number of rotatable bonds is 15. The van der Waals surface area contributed by atoms with Gasteiger partial charge in [-0.25, -0.2) is 10.2 Å². The highest BCUT2D eigenvalue weighted by Crippen LogP contribution is 2.26. The zero-order valence-electron chi connectivity index (χ0n) is 38.4. The number of amides is 12. The van der Waals surface area contributed by atoms with Crippen LogP contribution in [0.25, 0.3) is 0 Å². The van der Waals surface area contributed by atoms with E-state index in [0.717, 1.165) is 21.6 Å². The van der Waals surface area contributed by atoms with E-state index < -0.39 is 126 Å². The lowest BCUT2D eigenvalue weighted by molar-refractivity contribution is -0.142. The molecule has 24 nitrogen and oxygen atoms in total. The Bertz CT molecular complexity index is 2010. The van der Waals surface area contributed by atoms with E-state index in [1.807, 2.05) is 5.43 Å². The average molecular weight is 993 g/mol. The van der Waals surface area contributed by atoms with Crippen LogP contribution >= 0.6 is 21.6 Å². The summed E-state index contributed by atoms with van der Waals surface area (Å²) in [7, 11) is 2.23. The van der Waals surface area contributed by atoms with Gasteiger partial charge in [-0.3, -0.25) is 53.4 Å². The fraction of sp³-hybridized carbons (Fsp3) is 0.595. The summed E-state index contributed by atoms with van der Waals surface area (Å²) in [5.74, 6) is -9.02. The van der Waals surface area contributed by atoms with Crippen LogP contribution in [0.2, 0.25) is 0 Å². The van der Waals surface area contributed by atoms with Gasteiger partial charge in [-0.1, -0.05) is 67.8 Å². The highest BCUT2D eigenvalue weighted by atomic mass is 33.1. The van der Waals surface area contributed by atoms with Gasteiger partial charge in [-0.15, -0.1) is 0 Å². The molecule has 0 unspecified atom stereocenters. The van der Waals surface area contributed by atoms with Crippen LogP contribution in [-0.2, 0) is 54.4 Å². The van der Waals surface area contributed by atoms with E-state index in [9.17, 15) is 57.8 Å². The van der Waals surface area contributed by atoms with Crippen LogP contribution in [0.15, 0.2) is 24.3 Å². The first kappa shape index (κ1) is 56.0. The maximum Gasteiger partial charge on any atom is 0.330 e.